The van der Waals surface area contributed by atoms with E-state index in [1.807, 2.05) is 43.5 Å². The fourth-order valence-corrected chi connectivity index (χ4v) is 2.72. The number of aliphatic hydroxyl groups is 1. The number of hydrogen-bond donors (Lipinski definition) is 3. The third kappa shape index (κ3) is 4.29. The highest BCUT2D eigenvalue weighted by molar-refractivity contribution is 7.13. The molecule has 118 valence electrons. The van der Waals surface area contributed by atoms with Gasteiger partial charge in [0.2, 0.25) is 0 Å². The van der Waals surface area contributed by atoms with Crippen molar-refractivity contribution in [2.75, 3.05) is 11.9 Å². The molecule has 1 atom stereocenters. The molecule has 22 heavy (non-hydrogen) atoms. The molecule has 0 saturated carbocycles. The van der Waals surface area contributed by atoms with Crippen molar-refractivity contribution in [1.82, 2.24) is 10.3 Å². The number of nitrogens with zero attached hydrogens (tertiary/aromatic N) is 1. The predicted octanol–water partition coefficient (Wildman–Crippen LogP) is 3.48. The van der Waals surface area contributed by atoms with E-state index in [1.54, 1.807) is 17.5 Å². The van der Waals surface area contributed by atoms with Crippen LogP contribution in [-0.2, 0) is 0 Å². The molecular weight excluding hydrogens is 298 g/mol. The van der Waals surface area contributed by atoms with Crippen LogP contribution in [0.15, 0.2) is 35.8 Å². The van der Waals surface area contributed by atoms with Crippen LogP contribution in [0.25, 0.3) is 10.6 Å². The molecule has 1 aromatic carbocycles. The molecule has 3 N–H and O–H groups in total. The van der Waals surface area contributed by atoms with Crippen molar-refractivity contribution in [3.63, 3.8) is 0 Å². The lowest BCUT2D eigenvalue weighted by atomic mass is 9.95. The number of benzene rings is 1. The molecule has 0 bridgehead atoms. The summed E-state index contributed by atoms with van der Waals surface area (Å²) in [5.41, 5.74) is 1.35. The first-order chi connectivity index (χ1) is 10.6. The molecule has 0 spiro atoms. The molecule has 0 aliphatic carbocycles. The van der Waals surface area contributed by atoms with Gasteiger partial charge in [-0.1, -0.05) is 6.92 Å². The fraction of sp³-hybridized carbons (Fsp3) is 0.375. The molecule has 0 aliphatic heterocycles. The van der Waals surface area contributed by atoms with Crippen molar-refractivity contribution in [2.45, 2.75) is 32.2 Å². The molecule has 1 heterocycles. The van der Waals surface area contributed by atoms with Gasteiger partial charge in [0.25, 0.3) is 0 Å². The SMILES string of the molecule is CCC(C)(CCO)NC(=O)Nc1ccc(-c2nccs2)cc1. The van der Waals surface area contributed by atoms with E-state index < -0.39 is 5.54 Å². The zero-order chi connectivity index (χ0) is 16.0. The Morgan fingerprint density at radius 1 is 1.36 bits per heavy atom. The van der Waals surface area contributed by atoms with E-state index >= 15 is 0 Å². The van der Waals surface area contributed by atoms with Gasteiger partial charge in [-0.2, -0.15) is 0 Å². The van der Waals surface area contributed by atoms with Crippen molar-refractivity contribution in [3.05, 3.63) is 35.8 Å². The summed E-state index contributed by atoms with van der Waals surface area (Å²) in [7, 11) is 0. The smallest absolute Gasteiger partial charge is 0.319 e. The van der Waals surface area contributed by atoms with Gasteiger partial charge in [-0.25, -0.2) is 9.78 Å². The Labute approximate surface area is 134 Å². The maximum atomic E-state index is 12.1. The molecule has 2 rings (SSSR count). The lowest BCUT2D eigenvalue weighted by molar-refractivity contribution is 0.208. The molecule has 0 radical (unpaired) electrons. The van der Waals surface area contributed by atoms with Crippen LogP contribution in [0.5, 0.6) is 0 Å². The third-order valence-electron chi connectivity index (χ3n) is 3.68. The Kier molecular flexibility index (Phi) is 5.51. The van der Waals surface area contributed by atoms with E-state index in [4.69, 9.17) is 5.11 Å². The zero-order valence-electron chi connectivity index (χ0n) is 12.8. The Morgan fingerprint density at radius 2 is 2.09 bits per heavy atom. The second-order valence-electron chi connectivity index (χ2n) is 5.38. The Balaban J connectivity index is 1.97. The summed E-state index contributed by atoms with van der Waals surface area (Å²) in [4.78, 5) is 16.3. The van der Waals surface area contributed by atoms with Gasteiger partial charge in [-0.05, 0) is 44.0 Å². The minimum atomic E-state index is -0.403. The lowest BCUT2D eigenvalue weighted by Gasteiger charge is -2.29. The maximum Gasteiger partial charge on any atom is 0.319 e. The highest BCUT2D eigenvalue weighted by Gasteiger charge is 2.23. The topological polar surface area (TPSA) is 74.2 Å². The second-order valence-corrected chi connectivity index (χ2v) is 6.28. The van der Waals surface area contributed by atoms with E-state index in [2.05, 4.69) is 15.6 Å². The molecular formula is C16H21N3O2S. The summed E-state index contributed by atoms with van der Waals surface area (Å²) < 4.78 is 0. The average molecular weight is 319 g/mol. The number of rotatable bonds is 6. The lowest BCUT2D eigenvalue weighted by Crippen LogP contribution is -2.48. The molecule has 6 heteroatoms. The van der Waals surface area contributed by atoms with Crippen LogP contribution in [0, 0.1) is 0 Å². The summed E-state index contributed by atoms with van der Waals surface area (Å²) >= 11 is 1.58. The molecule has 5 nitrogen and oxygen atoms in total. The molecule has 1 unspecified atom stereocenters. The monoisotopic (exact) mass is 319 g/mol. The first kappa shape index (κ1) is 16.5. The predicted molar refractivity (Wildman–Crippen MR) is 90.1 cm³/mol. The van der Waals surface area contributed by atoms with Gasteiger partial charge in [-0.15, -0.1) is 11.3 Å². The number of hydrogen-bond acceptors (Lipinski definition) is 4. The van der Waals surface area contributed by atoms with E-state index in [0.29, 0.717) is 6.42 Å². The van der Waals surface area contributed by atoms with Crippen molar-refractivity contribution in [3.8, 4) is 10.6 Å². The highest BCUT2D eigenvalue weighted by Crippen LogP contribution is 2.23. The normalized spacial score (nSPS) is 13.4. The van der Waals surface area contributed by atoms with E-state index in [0.717, 1.165) is 22.7 Å². The Morgan fingerprint density at radius 3 is 2.64 bits per heavy atom. The van der Waals surface area contributed by atoms with Gasteiger partial charge in [0.15, 0.2) is 0 Å². The number of nitrogens with one attached hydrogen (secondary N) is 2. The minimum Gasteiger partial charge on any atom is -0.396 e. The number of amides is 2. The van der Waals surface area contributed by atoms with Crippen molar-refractivity contribution < 1.29 is 9.90 Å². The summed E-state index contributed by atoms with van der Waals surface area (Å²) in [5, 5.41) is 17.7. The number of anilines is 1. The standard InChI is InChI=1S/C16H21N3O2S/c1-3-16(2,8-10-20)19-15(21)18-13-6-4-12(5-7-13)14-17-9-11-22-14/h4-7,9,11,20H,3,8,10H2,1-2H3,(H2,18,19,21). The Hall–Kier alpha value is -1.92. The number of aliphatic hydroxyl groups excluding tert-OH is 1. The van der Waals surface area contributed by atoms with Crippen molar-refractivity contribution in [2.24, 2.45) is 0 Å². The first-order valence-corrected chi connectivity index (χ1v) is 8.14. The van der Waals surface area contributed by atoms with Crippen LogP contribution in [0.2, 0.25) is 0 Å². The van der Waals surface area contributed by atoms with E-state index in [9.17, 15) is 4.79 Å². The van der Waals surface area contributed by atoms with Gasteiger partial charge in [0, 0.05) is 35.0 Å². The molecule has 2 amide bonds. The number of thiazole rings is 1. The summed E-state index contributed by atoms with van der Waals surface area (Å²) in [6.07, 6.45) is 3.05. The van der Waals surface area contributed by atoms with Crippen molar-refractivity contribution in [1.29, 1.82) is 0 Å². The van der Waals surface area contributed by atoms with E-state index in [1.165, 1.54) is 0 Å². The summed E-state index contributed by atoms with van der Waals surface area (Å²) in [6, 6.07) is 7.31. The fourth-order valence-electron chi connectivity index (χ4n) is 2.07. The minimum absolute atomic E-state index is 0.0487. The average Bonchev–Trinajstić information content (AvgIpc) is 3.02. The summed E-state index contributed by atoms with van der Waals surface area (Å²) in [6.45, 7) is 3.96. The second kappa shape index (κ2) is 7.38. The van der Waals surface area contributed by atoms with Gasteiger partial charge in [0.05, 0.1) is 0 Å². The van der Waals surface area contributed by atoms with Gasteiger partial charge in [-0.3, -0.25) is 0 Å². The summed E-state index contributed by atoms with van der Waals surface area (Å²) in [5.74, 6) is 0. The van der Waals surface area contributed by atoms with E-state index in [-0.39, 0.29) is 12.6 Å². The molecule has 0 aliphatic rings. The van der Waals surface area contributed by atoms with Crippen LogP contribution in [0.4, 0.5) is 10.5 Å². The molecule has 1 aromatic heterocycles. The third-order valence-corrected chi connectivity index (χ3v) is 4.50. The van der Waals surface area contributed by atoms with Crippen molar-refractivity contribution >= 4 is 23.1 Å². The number of carbonyl (C=O) groups is 1. The van der Waals surface area contributed by atoms with Crippen LogP contribution >= 0.6 is 11.3 Å². The van der Waals surface area contributed by atoms with Crippen LogP contribution in [0.3, 0.4) is 0 Å². The van der Waals surface area contributed by atoms with Gasteiger partial charge < -0.3 is 15.7 Å². The van der Waals surface area contributed by atoms with Gasteiger partial charge in [0.1, 0.15) is 5.01 Å². The molecule has 2 aromatic rings. The zero-order valence-corrected chi connectivity index (χ0v) is 13.6. The van der Waals surface area contributed by atoms with Crippen LogP contribution in [-0.4, -0.2) is 28.3 Å². The number of aromatic nitrogens is 1. The molecule has 0 fully saturated rings. The van der Waals surface area contributed by atoms with Crippen LogP contribution < -0.4 is 10.6 Å². The number of carbonyl (C=O) groups excluding carboxylic acids is 1. The van der Waals surface area contributed by atoms with Crippen LogP contribution in [0.1, 0.15) is 26.7 Å². The molecule has 0 saturated heterocycles. The highest BCUT2D eigenvalue weighted by atomic mass is 32.1. The largest absolute Gasteiger partial charge is 0.396 e. The van der Waals surface area contributed by atoms with Gasteiger partial charge >= 0.3 is 6.03 Å². The Bertz CT molecular complexity index is 598. The quantitative estimate of drug-likeness (QED) is 0.763. The maximum absolute atomic E-state index is 12.1. The first-order valence-electron chi connectivity index (χ1n) is 7.26. The number of urea groups is 1.